The van der Waals surface area contributed by atoms with Crippen molar-refractivity contribution in [3.8, 4) is 11.5 Å². The van der Waals surface area contributed by atoms with E-state index in [1.165, 1.54) is 5.56 Å². The van der Waals surface area contributed by atoms with E-state index in [0.29, 0.717) is 5.95 Å². The molecule has 0 bridgehead atoms. The Bertz CT molecular complexity index is 868. The fourth-order valence-electron chi connectivity index (χ4n) is 2.89. The van der Waals surface area contributed by atoms with Crippen molar-refractivity contribution in [2.45, 2.75) is 12.8 Å². The van der Waals surface area contributed by atoms with Crippen molar-refractivity contribution < 1.29 is 9.47 Å². The van der Waals surface area contributed by atoms with Gasteiger partial charge in [0.25, 0.3) is 0 Å². The van der Waals surface area contributed by atoms with Gasteiger partial charge in [-0.05, 0) is 48.2 Å². The Hall–Kier alpha value is -3.28. The number of hydrogen-bond acceptors (Lipinski definition) is 6. The summed E-state index contributed by atoms with van der Waals surface area (Å²) in [4.78, 5) is 8.81. The van der Waals surface area contributed by atoms with E-state index in [0.717, 1.165) is 48.8 Å². The molecule has 0 saturated heterocycles. The molecule has 0 aliphatic heterocycles. The van der Waals surface area contributed by atoms with Gasteiger partial charge in [0.05, 0.1) is 14.2 Å². The number of aromatic nitrogens is 2. The van der Waals surface area contributed by atoms with Gasteiger partial charge in [0.2, 0.25) is 5.95 Å². The highest BCUT2D eigenvalue weighted by molar-refractivity contribution is 5.40. The van der Waals surface area contributed by atoms with E-state index in [9.17, 15) is 0 Å². The van der Waals surface area contributed by atoms with E-state index < -0.39 is 0 Å². The van der Waals surface area contributed by atoms with Gasteiger partial charge in [-0.2, -0.15) is 4.98 Å². The maximum atomic E-state index is 5.38. The third kappa shape index (κ3) is 5.61. The lowest BCUT2D eigenvalue weighted by molar-refractivity contribution is 0.410. The highest BCUT2D eigenvalue weighted by Crippen LogP contribution is 2.18. The molecule has 146 valence electrons. The Labute approximate surface area is 166 Å². The molecule has 0 atom stereocenters. The standard InChI is InChI=1S/C22H26N4O2/c1-27-19-9-7-17(8-10-19)11-14-23-21-13-16-25-22(26-21)24-15-12-18-5-3-4-6-20(18)28-2/h3-10,13,16H,11-12,14-15H2,1-2H3,(H2,23,24,25,26). The molecule has 1 heterocycles. The van der Waals surface area contributed by atoms with Gasteiger partial charge in [-0.3, -0.25) is 0 Å². The molecule has 0 unspecified atom stereocenters. The Morgan fingerprint density at radius 2 is 1.61 bits per heavy atom. The van der Waals surface area contributed by atoms with Crippen molar-refractivity contribution in [2.24, 2.45) is 0 Å². The number of rotatable bonds is 10. The Kier molecular flexibility index (Phi) is 7.07. The first kappa shape index (κ1) is 19.5. The van der Waals surface area contributed by atoms with E-state index in [1.54, 1.807) is 20.4 Å². The second-order valence-electron chi connectivity index (χ2n) is 6.28. The molecule has 0 amide bonds. The minimum atomic E-state index is 0.615. The van der Waals surface area contributed by atoms with Gasteiger partial charge in [0, 0.05) is 19.3 Å². The van der Waals surface area contributed by atoms with Crippen LogP contribution >= 0.6 is 0 Å². The molecule has 0 aliphatic carbocycles. The van der Waals surface area contributed by atoms with E-state index in [4.69, 9.17) is 9.47 Å². The average Bonchev–Trinajstić information content (AvgIpc) is 2.75. The Balaban J connectivity index is 1.46. The van der Waals surface area contributed by atoms with Crippen LogP contribution in [0.1, 0.15) is 11.1 Å². The second kappa shape index (κ2) is 10.2. The lowest BCUT2D eigenvalue weighted by atomic mass is 10.1. The van der Waals surface area contributed by atoms with Crippen LogP contribution in [-0.4, -0.2) is 37.3 Å². The topological polar surface area (TPSA) is 68.3 Å². The number of anilines is 2. The van der Waals surface area contributed by atoms with Crippen molar-refractivity contribution in [3.63, 3.8) is 0 Å². The smallest absolute Gasteiger partial charge is 0.224 e. The van der Waals surface area contributed by atoms with Gasteiger partial charge in [0.1, 0.15) is 17.3 Å². The van der Waals surface area contributed by atoms with Crippen LogP contribution in [0.25, 0.3) is 0 Å². The first-order valence-corrected chi connectivity index (χ1v) is 9.34. The largest absolute Gasteiger partial charge is 0.497 e. The maximum absolute atomic E-state index is 5.38. The maximum Gasteiger partial charge on any atom is 0.224 e. The molecule has 2 aromatic carbocycles. The van der Waals surface area contributed by atoms with Crippen LogP contribution in [0.5, 0.6) is 11.5 Å². The molecule has 6 nitrogen and oxygen atoms in total. The third-order valence-corrected chi connectivity index (χ3v) is 4.40. The van der Waals surface area contributed by atoms with Gasteiger partial charge in [-0.15, -0.1) is 0 Å². The molecule has 2 N–H and O–H groups in total. The molecule has 28 heavy (non-hydrogen) atoms. The van der Waals surface area contributed by atoms with Crippen LogP contribution in [0.3, 0.4) is 0 Å². The van der Waals surface area contributed by atoms with E-state index in [2.05, 4.69) is 38.8 Å². The zero-order chi connectivity index (χ0) is 19.6. The normalized spacial score (nSPS) is 10.4. The summed E-state index contributed by atoms with van der Waals surface area (Å²) in [5.41, 5.74) is 2.41. The predicted molar refractivity (Wildman–Crippen MR) is 112 cm³/mol. The summed E-state index contributed by atoms with van der Waals surface area (Å²) in [6.07, 6.45) is 3.50. The molecule has 0 saturated carbocycles. The van der Waals surface area contributed by atoms with Crippen LogP contribution < -0.4 is 20.1 Å². The van der Waals surface area contributed by atoms with Crippen molar-refractivity contribution in [3.05, 3.63) is 71.9 Å². The summed E-state index contributed by atoms with van der Waals surface area (Å²) in [5.74, 6) is 3.20. The number of nitrogens with zero attached hydrogens (tertiary/aromatic N) is 2. The predicted octanol–water partition coefficient (Wildman–Crippen LogP) is 3.80. The minimum Gasteiger partial charge on any atom is -0.497 e. The van der Waals surface area contributed by atoms with Crippen LogP contribution in [0.4, 0.5) is 11.8 Å². The number of hydrogen-bond donors (Lipinski definition) is 2. The van der Waals surface area contributed by atoms with Crippen molar-refractivity contribution in [2.75, 3.05) is 37.9 Å². The molecule has 0 fully saturated rings. The van der Waals surface area contributed by atoms with E-state index >= 15 is 0 Å². The lowest BCUT2D eigenvalue weighted by Gasteiger charge is -2.10. The zero-order valence-electron chi connectivity index (χ0n) is 16.3. The highest BCUT2D eigenvalue weighted by atomic mass is 16.5. The van der Waals surface area contributed by atoms with Crippen LogP contribution in [-0.2, 0) is 12.8 Å². The monoisotopic (exact) mass is 378 g/mol. The number of ether oxygens (including phenoxy) is 2. The second-order valence-corrected chi connectivity index (χ2v) is 6.28. The zero-order valence-corrected chi connectivity index (χ0v) is 16.3. The number of para-hydroxylation sites is 1. The molecule has 6 heteroatoms. The van der Waals surface area contributed by atoms with Gasteiger partial charge in [-0.1, -0.05) is 30.3 Å². The van der Waals surface area contributed by atoms with Gasteiger partial charge < -0.3 is 20.1 Å². The third-order valence-electron chi connectivity index (χ3n) is 4.40. The summed E-state index contributed by atoms with van der Waals surface area (Å²) >= 11 is 0. The van der Waals surface area contributed by atoms with Crippen molar-refractivity contribution in [1.29, 1.82) is 0 Å². The lowest BCUT2D eigenvalue weighted by Crippen LogP contribution is -2.11. The summed E-state index contributed by atoms with van der Waals surface area (Å²) in [7, 11) is 3.37. The summed E-state index contributed by atoms with van der Waals surface area (Å²) in [6.45, 7) is 1.53. The molecular weight excluding hydrogens is 352 g/mol. The molecule has 0 spiro atoms. The molecule has 3 aromatic rings. The summed E-state index contributed by atoms with van der Waals surface area (Å²) in [6, 6.07) is 18.0. The van der Waals surface area contributed by atoms with Gasteiger partial charge >= 0.3 is 0 Å². The van der Waals surface area contributed by atoms with E-state index in [-0.39, 0.29) is 0 Å². The molecular formula is C22H26N4O2. The number of nitrogens with one attached hydrogen (secondary N) is 2. The summed E-state index contributed by atoms with van der Waals surface area (Å²) < 4.78 is 10.6. The number of methoxy groups -OCH3 is 2. The first-order chi connectivity index (χ1) is 13.8. The summed E-state index contributed by atoms with van der Waals surface area (Å²) in [5, 5.41) is 6.62. The number of benzene rings is 2. The average molecular weight is 378 g/mol. The van der Waals surface area contributed by atoms with Crippen LogP contribution in [0, 0.1) is 0 Å². The van der Waals surface area contributed by atoms with Crippen LogP contribution in [0.15, 0.2) is 60.8 Å². The molecule has 0 aliphatic rings. The van der Waals surface area contributed by atoms with E-state index in [1.807, 2.05) is 36.4 Å². The molecule has 0 radical (unpaired) electrons. The van der Waals surface area contributed by atoms with Crippen molar-refractivity contribution >= 4 is 11.8 Å². The quantitative estimate of drug-likeness (QED) is 0.559. The van der Waals surface area contributed by atoms with Gasteiger partial charge in [0.15, 0.2) is 0 Å². The Morgan fingerprint density at radius 3 is 2.39 bits per heavy atom. The fourth-order valence-corrected chi connectivity index (χ4v) is 2.89. The minimum absolute atomic E-state index is 0.615. The fraction of sp³-hybridized carbons (Fsp3) is 0.273. The van der Waals surface area contributed by atoms with Crippen molar-refractivity contribution in [1.82, 2.24) is 9.97 Å². The molecule has 1 aromatic heterocycles. The van der Waals surface area contributed by atoms with Crippen LogP contribution in [0.2, 0.25) is 0 Å². The van der Waals surface area contributed by atoms with Gasteiger partial charge in [-0.25, -0.2) is 4.98 Å². The molecule has 3 rings (SSSR count). The first-order valence-electron chi connectivity index (χ1n) is 9.34. The SMILES string of the molecule is COc1ccc(CCNc2ccnc(NCCc3ccccc3OC)n2)cc1. The highest BCUT2D eigenvalue weighted by Gasteiger charge is 2.03. The Morgan fingerprint density at radius 1 is 0.821 bits per heavy atom.